The van der Waals surface area contributed by atoms with E-state index in [4.69, 9.17) is 23.5 Å². The van der Waals surface area contributed by atoms with Gasteiger partial charge in [0.15, 0.2) is 11.5 Å². The first-order chi connectivity index (χ1) is 18.2. The molecule has 3 rings (SSSR count). The van der Waals surface area contributed by atoms with Crippen molar-refractivity contribution in [3.63, 3.8) is 0 Å². The highest BCUT2D eigenvalue weighted by molar-refractivity contribution is 5.99. The molecule has 0 bridgehead atoms. The van der Waals surface area contributed by atoms with Crippen LogP contribution in [0.1, 0.15) is 23.0 Å². The lowest BCUT2D eigenvalue weighted by atomic mass is 9.94. The average molecular weight is 533 g/mol. The molecule has 1 saturated heterocycles. The van der Waals surface area contributed by atoms with E-state index >= 15 is 0 Å². The number of ketones is 1. The van der Waals surface area contributed by atoms with Crippen molar-refractivity contribution in [3.8, 4) is 5.95 Å². The van der Waals surface area contributed by atoms with Gasteiger partial charge in [-0.05, 0) is 18.9 Å². The van der Waals surface area contributed by atoms with Crippen molar-refractivity contribution in [2.45, 2.75) is 37.1 Å². The molecule has 0 spiro atoms. The maximum atomic E-state index is 13.2. The van der Waals surface area contributed by atoms with Gasteiger partial charge in [0, 0.05) is 14.2 Å². The summed E-state index contributed by atoms with van der Waals surface area (Å²) in [4.78, 5) is 51.9. The molecule has 206 valence electrons. The minimum Gasteiger partial charge on any atom is -0.467 e. The Morgan fingerprint density at radius 2 is 1.53 bits per heavy atom. The smallest absolute Gasteiger partial charge is 0.311 e. The number of epoxide rings is 1. The van der Waals surface area contributed by atoms with E-state index in [-0.39, 0.29) is 43.7 Å². The van der Waals surface area contributed by atoms with E-state index in [0.717, 1.165) is 5.56 Å². The Morgan fingerprint density at radius 3 is 2.05 bits per heavy atom. The van der Waals surface area contributed by atoms with Crippen molar-refractivity contribution < 1.29 is 42.6 Å². The Balaban J connectivity index is 1.70. The Bertz CT molecular complexity index is 1120. The highest BCUT2D eigenvalue weighted by Crippen LogP contribution is 2.29. The predicted molar refractivity (Wildman–Crippen MR) is 131 cm³/mol. The second kappa shape index (κ2) is 13.1. The zero-order chi connectivity index (χ0) is 27.7. The molecule has 1 aliphatic heterocycles. The third-order valence-electron chi connectivity index (χ3n) is 5.86. The molecule has 1 aromatic heterocycles. The van der Waals surface area contributed by atoms with Gasteiger partial charge in [-0.1, -0.05) is 35.5 Å². The van der Waals surface area contributed by atoms with E-state index in [1.54, 1.807) is 6.92 Å². The minimum absolute atomic E-state index is 0.0183. The molecule has 4 unspecified atom stereocenters. The molecule has 1 aliphatic rings. The van der Waals surface area contributed by atoms with Crippen molar-refractivity contribution >= 4 is 23.5 Å². The summed E-state index contributed by atoms with van der Waals surface area (Å²) in [6, 6.07) is 7.22. The van der Waals surface area contributed by atoms with E-state index in [9.17, 15) is 19.2 Å². The van der Waals surface area contributed by atoms with Gasteiger partial charge in [-0.3, -0.25) is 19.2 Å². The van der Waals surface area contributed by atoms with Gasteiger partial charge in [0.25, 0.3) is 5.91 Å². The van der Waals surface area contributed by atoms with Crippen LogP contribution in [0.15, 0.2) is 40.9 Å². The average Bonchev–Trinajstić information content (AvgIpc) is 3.47. The SMILES string of the molecule is COCC(NC(=O)c1cc(OC)on1)C(=O)NC(COC)C(=O)NC(Cc1ccccc1)C(=O)C1(C)CO1. The summed E-state index contributed by atoms with van der Waals surface area (Å²) in [5.41, 5.74) is -0.236. The first kappa shape index (κ1) is 28.8. The summed E-state index contributed by atoms with van der Waals surface area (Å²) in [5.74, 6) is -2.32. The van der Waals surface area contributed by atoms with E-state index < -0.39 is 41.4 Å². The number of methoxy groups -OCH3 is 3. The van der Waals surface area contributed by atoms with E-state index in [0.29, 0.717) is 0 Å². The normalized spacial score (nSPS) is 18.5. The third kappa shape index (κ3) is 7.60. The van der Waals surface area contributed by atoms with Gasteiger partial charge in [0.2, 0.25) is 11.8 Å². The van der Waals surface area contributed by atoms with E-state index in [1.807, 2.05) is 30.3 Å². The molecule has 3 amide bonds. The first-order valence-electron chi connectivity index (χ1n) is 11.8. The van der Waals surface area contributed by atoms with E-state index in [1.165, 1.54) is 27.4 Å². The Morgan fingerprint density at radius 1 is 0.947 bits per heavy atom. The number of rotatable bonds is 15. The van der Waals surface area contributed by atoms with Crippen molar-refractivity contribution in [1.29, 1.82) is 0 Å². The van der Waals surface area contributed by atoms with Crippen LogP contribution in [0.4, 0.5) is 0 Å². The lowest BCUT2D eigenvalue weighted by molar-refractivity contribution is -0.134. The Hall–Kier alpha value is -3.81. The topological polar surface area (TPSA) is 171 Å². The van der Waals surface area contributed by atoms with Gasteiger partial charge in [0.1, 0.15) is 17.7 Å². The zero-order valence-electron chi connectivity index (χ0n) is 21.6. The standard InChI is InChI=1S/C25H32N4O9/c1-25(14-37-25)21(30)16(10-15-8-6-5-7-9-15)26-23(32)18(12-34-2)28-24(33)19(13-35-3)27-22(31)17-11-20(36-4)38-29-17/h5-9,11,16,18-19H,10,12-14H2,1-4H3,(H,26,32)(H,27,31)(H,28,33). The summed E-state index contributed by atoms with van der Waals surface area (Å²) in [6.45, 7) is 1.54. The monoisotopic (exact) mass is 532 g/mol. The summed E-state index contributed by atoms with van der Waals surface area (Å²) in [7, 11) is 4.07. The molecule has 4 atom stereocenters. The number of nitrogens with zero attached hydrogens (tertiary/aromatic N) is 1. The largest absolute Gasteiger partial charge is 0.467 e. The number of Topliss-reactive ketones (excluding diaryl/α,β-unsaturated/α-hetero) is 1. The van der Waals surface area contributed by atoms with Gasteiger partial charge in [-0.2, -0.15) is 0 Å². The fourth-order valence-electron chi connectivity index (χ4n) is 3.62. The lowest BCUT2D eigenvalue weighted by Crippen LogP contribution is -2.59. The fraction of sp³-hybridized carbons (Fsp3) is 0.480. The third-order valence-corrected chi connectivity index (χ3v) is 5.86. The molecular weight excluding hydrogens is 500 g/mol. The number of carbonyl (C=O) groups is 4. The number of amides is 3. The molecule has 1 aromatic carbocycles. The van der Waals surface area contributed by atoms with Gasteiger partial charge < -0.3 is 39.4 Å². The van der Waals surface area contributed by atoms with Crippen molar-refractivity contribution in [1.82, 2.24) is 21.1 Å². The van der Waals surface area contributed by atoms with Crippen LogP contribution in [0, 0.1) is 0 Å². The minimum atomic E-state index is -1.18. The van der Waals surface area contributed by atoms with Crippen LogP contribution >= 0.6 is 0 Å². The molecule has 1 fully saturated rings. The molecule has 0 saturated carbocycles. The zero-order valence-corrected chi connectivity index (χ0v) is 21.6. The predicted octanol–water partition coefficient (Wildman–Crippen LogP) is -0.355. The van der Waals surface area contributed by atoms with Crippen LogP contribution in [0.3, 0.4) is 0 Å². The summed E-state index contributed by atoms with van der Waals surface area (Å²) >= 11 is 0. The van der Waals surface area contributed by atoms with Crippen molar-refractivity contribution in [3.05, 3.63) is 47.7 Å². The van der Waals surface area contributed by atoms with Crippen LogP contribution in [0.25, 0.3) is 0 Å². The summed E-state index contributed by atoms with van der Waals surface area (Å²) < 4.78 is 25.2. The number of hydrogen-bond donors (Lipinski definition) is 3. The van der Waals surface area contributed by atoms with Crippen molar-refractivity contribution in [2.75, 3.05) is 41.2 Å². The lowest BCUT2D eigenvalue weighted by Gasteiger charge is -2.25. The molecule has 2 aromatic rings. The Kier molecular flexibility index (Phi) is 9.93. The van der Waals surface area contributed by atoms with Crippen LogP contribution in [0.2, 0.25) is 0 Å². The van der Waals surface area contributed by atoms with Gasteiger partial charge in [-0.15, -0.1) is 0 Å². The summed E-state index contributed by atoms with van der Waals surface area (Å²) in [6.07, 6.45) is 0.238. The van der Waals surface area contributed by atoms with Crippen LogP contribution in [0.5, 0.6) is 5.95 Å². The summed E-state index contributed by atoms with van der Waals surface area (Å²) in [5, 5.41) is 11.3. The van der Waals surface area contributed by atoms with Crippen LogP contribution in [-0.2, 0) is 35.0 Å². The first-order valence-corrected chi connectivity index (χ1v) is 11.8. The van der Waals surface area contributed by atoms with Crippen LogP contribution < -0.4 is 20.7 Å². The number of nitrogens with one attached hydrogen (secondary N) is 3. The highest BCUT2D eigenvalue weighted by Gasteiger charge is 2.50. The number of hydrogen-bond acceptors (Lipinski definition) is 10. The van der Waals surface area contributed by atoms with E-state index in [2.05, 4.69) is 21.1 Å². The molecule has 13 heteroatoms. The highest BCUT2D eigenvalue weighted by atomic mass is 16.6. The molecule has 2 heterocycles. The maximum absolute atomic E-state index is 13.2. The number of ether oxygens (including phenoxy) is 4. The second-order valence-corrected chi connectivity index (χ2v) is 8.87. The van der Waals surface area contributed by atoms with Crippen molar-refractivity contribution in [2.24, 2.45) is 0 Å². The molecule has 0 radical (unpaired) electrons. The molecule has 0 aliphatic carbocycles. The molecule has 3 N–H and O–H groups in total. The van der Waals surface area contributed by atoms with Crippen LogP contribution in [-0.4, -0.2) is 93.5 Å². The molecule has 38 heavy (non-hydrogen) atoms. The fourth-order valence-corrected chi connectivity index (χ4v) is 3.62. The molecular formula is C25H32N4O9. The van der Waals surface area contributed by atoms with Gasteiger partial charge >= 0.3 is 5.95 Å². The molecule has 13 nitrogen and oxygen atoms in total. The van der Waals surface area contributed by atoms with Gasteiger partial charge in [-0.25, -0.2) is 0 Å². The number of aromatic nitrogens is 1. The Labute approximate surface area is 219 Å². The number of carbonyl (C=O) groups excluding carboxylic acids is 4. The second-order valence-electron chi connectivity index (χ2n) is 8.87. The van der Waals surface area contributed by atoms with Gasteiger partial charge in [0.05, 0.1) is 39.0 Å². The maximum Gasteiger partial charge on any atom is 0.311 e. The number of benzene rings is 1. The quantitative estimate of drug-likeness (QED) is 0.258.